The Labute approximate surface area is 119 Å². The van der Waals surface area contributed by atoms with Gasteiger partial charge in [0, 0.05) is 6.54 Å². The summed E-state index contributed by atoms with van der Waals surface area (Å²) in [5.41, 5.74) is 7.36. The van der Waals surface area contributed by atoms with Crippen LogP contribution in [-0.2, 0) is 22.6 Å². The molecule has 0 heterocycles. The number of carbonyl (C=O) groups excluding carboxylic acids is 1. The number of benzene rings is 1. The fourth-order valence-corrected chi connectivity index (χ4v) is 1.88. The van der Waals surface area contributed by atoms with E-state index in [1.165, 1.54) is 0 Å². The van der Waals surface area contributed by atoms with Crippen molar-refractivity contribution in [2.45, 2.75) is 39.3 Å². The van der Waals surface area contributed by atoms with Gasteiger partial charge in [-0.2, -0.15) is 0 Å². The Kier molecular flexibility index (Phi) is 6.18. The van der Waals surface area contributed by atoms with E-state index in [0.717, 1.165) is 12.0 Å². The zero-order chi connectivity index (χ0) is 15.1. The molecule has 20 heavy (non-hydrogen) atoms. The molecule has 4 N–H and O–H groups in total. The molecular formula is C15H22N2O3. The summed E-state index contributed by atoms with van der Waals surface area (Å²) in [6.07, 6.45) is 0.785. The van der Waals surface area contributed by atoms with Gasteiger partial charge in [0.25, 0.3) is 0 Å². The summed E-state index contributed by atoms with van der Waals surface area (Å²) in [7, 11) is 0. The number of amides is 1. The summed E-state index contributed by atoms with van der Waals surface area (Å²) >= 11 is 0. The van der Waals surface area contributed by atoms with Crippen molar-refractivity contribution in [3.05, 3.63) is 35.4 Å². The van der Waals surface area contributed by atoms with E-state index in [0.29, 0.717) is 12.1 Å². The molecule has 1 aromatic carbocycles. The van der Waals surface area contributed by atoms with Gasteiger partial charge in [-0.05, 0) is 17.0 Å². The van der Waals surface area contributed by atoms with Gasteiger partial charge in [-0.3, -0.25) is 9.59 Å². The summed E-state index contributed by atoms with van der Waals surface area (Å²) < 4.78 is 0. The number of aliphatic carboxylic acids is 1. The average Bonchev–Trinajstić information content (AvgIpc) is 2.43. The third-order valence-corrected chi connectivity index (χ3v) is 3.47. The fourth-order valence-electron chi connectivity index (χ4n) is 1.88. The highest BCUT2D eigenvalue weighted by Gasteiger charge is 2.19. The molecule has 110 valence electrons. The molecule has 0 saturated heterocycles. The standard InChI is InChI=1S/C15H22N2O3/c1-3-10(2)14(16)15(20)17-9-12-7-5-4-6-11(12)8-13(18)19/h4-7,10,14H,3,8-9,16H2,1-2H3,(H,17,20)(H,18,19)/t10-,14-/m0/s1. The Morgan fingerprint density at radius 3 is 2.45 bits per heavy atom. The summed E-state index contributed by atoms with van der Waals surface area (Å²) in [5, 5.41) is 11.6. The quantitative estimate of drug-likeness (QED) is 0.701. The normalized spacial score (nSPS) is 13.6. The smallest absolute Gasteiger partial charge is 0.307 e. The van der Waals surface area contributed by atoms with Crippen LogP contribution in [0.2, 0.25) is 0 Å². The van der Waals surface area contributed by atoms with Gasteiger partial charge in [0.1, 0.15) is 0 Å². The van der Waals surface area contributed by atoms with Crippen LogP contribution in [0.4, 0.5) is 0 Å². The number of carboxylic acids is 1. The molecule has 0 aliphatic heterocycles. The van der Waals surface area contributed by atoms with Crippen molar-refractivity contribution in [2.75, 3.05) is 0 Å². The molecule has 0 bridgehead atoms. The summed E-state index contributed by atoms with van der Waals surface area (Å²) in [4.78, 5) is 22.7. The number of carbonyl (C=O) groups is 2. The molecule has 0 spiro atoms. The average molecular weight is 278 g/mol. The monoisotopic (exact) mass is 278 g/mol. The SMILES string of the molecule is CC[C@H](C)[C@H](N)C(=O)NCc1ccccc1CC(=O)O. The molecule has 0 radical (unpaired) electrons. The second-order valence-electron chi connectivity index (χ2n) is 4.97. The predicted octanol–water partition coefficient (Wildman–Crippen LogP) is 1.30. The first-order chi connectivity index (χ1) is 9.45. The van der Waals surface area contributed by atoms with Gasteiger partial charge in [-0.15, -0.1) is 0 Å². The second kappa shape index (κ2) is 7.65. The van der Waals surface area contributed by atoms with Crippen molar-refractivity contribution >= 4 is 11.9 Å². The molecule has 0 saturated carbocycles. The van der Waals surface area contributed by atoms with Gasteiger partial charge in [0.05, 0.1) is 12.5 Å². The maximum atomic E-state index is 11.9. The Morgan fingerprint density at radius 1 is 1.30 bits per heavy atom. The van der Waals surface area contributed by atoms with Crippen molar-refractivity contribution in [1.82, 2.24) is 5.32 Å². The maximum absolute atomic E-state index is 11.9. The minimum atomic E-state index is -0.889. The van der Waals surface area contributed by atoms with E-state index in [4.69, 9.17) is 10.8 Å². The minimum absolute atomic E-state index is 0.0521. The Morgan fingerprint density at radius 2 is 1.90 bits per heavy atom. The van der Waals surface area contributed by atoms with Crippen LogP contribution in [0.1, 0.15) is 31.4 Å². The Hall–Kier alpha value is -1.88. The summed E-state index contributed by atoms with van der Waals surface area (Å²) in [6.45, 7) is 4.22. The van der Waals surface area contributed by atoms with E-state index in [1.54, 1.807) is 12.1 Å². The lowest BCUT2D eigenvalue weighted by molar-refractivity contribution is -0.136. The molecule has 2 atom stereocenters. The van der Waals surface area contributed by atoms with Gasteiger partial charge in [-0.1, -0.05) is 44.5 Å². The Balaban J connectivity index is 2.66. The third kappa shape index (κ3) is 4.66. The first-order valence-electron chi connectivity index (χ1n) is 6.77. The molecule has 1 aromatic rings. The van der Waals surface area contributed by atoms with Crippen LogP contribution in [0.3, 0.4) is 0 Å². The zero-order valence-corrected chi connectivity index (χ0v) is 11.9. The van der Waals surface area contributed by atoms with Crippen LogP contribution in [0, 0.1) is 5.92 Å². The van der Waals surface area contributed by atoms with Crippen molar-refractivity contribution in [1.29, 1.82) is 0 Å². The molecule has 0 aliphatic carbocycles. The summed E-state index contributed by atoms with van der Waals surface area (Å²) in [5.74, 6) is -0.978. The molecule has 1 rings (SSSR count). The van der Waals surface area contributed by atoms with Gasteiger partial charge >= 0.3 is 5.97 Å². The third-order valence-electron chi connectivity index (χ3n) is 3.47. The van der Waals surface area contributed by atoms with Crippen molar-refractivity contribution in [3.63, 3.8) is 0 Å². The fraction of sp³-hybridized carbons (Fsp3) is 0.467. The number of nitrogens with two attached hydrogens (primary N) is 1. The van der Waals surface area contributed by atoms with Gasteiger partial charge < -0.3 is 16.2 Å². The number of hydrogen-bond donors (Lipinski definition) is 3. The lowest BCUT2D eigenvalue weighted by atomic mass is 9.99. The molecule has 0 aromatic heterocycles. The van der Waals surface area contributed by atoms with Crippen LogP contribution < -0.4 is 11.1 Å². The molecular weight excluding hydrogens is 256 g/mol. The van der Waals surface area contributed by atoms with E-state index in [2.05, 4.69) is 5.32 Å². The molecule has 0 aliphatic rings. The van der Waals surface area contributed by atoms with Crippen LogP contribution >= 0.6 is 0 Å². The highest BCUT2D eigenvalue weighted by Crippen LogP contribution is 2.10. The van der Waals surface area contributed by atoms with Gasteiger partial charge in [-0.25, -0.2) is 0 Å². The van der Waals surface area contributed by atoms with E-state index in [1.807, 2.05) is 26.0 Å². The second-order valence-corrected chi connectivity index (χ2v) is 4.97. The summed E-state index contributed by atoms with van der Waals surface area (Å²) in [6, 6.07) is 6.64. The van der Waals surface area contributed by atoms with Crippen LogP contribution in [-0.4, -0.2) is 23.0 Å². The Bertz CT molecular complexity index is 474. The topological polar surface area (TPSA) is 92.4 Å². The van der Waals surface area contributed by atoms with E-state index < -0.39 is 12.0 Å². The van der Waals surface area contributed by atoms with Crippen LogP contribution in [0.25, 0.3) is 0 Å². The minimum Gasteiger partial charge on any atom is -0.481 e. The highest BCUT2D eigenvalue weighted by molar-refractivity contribution is 5.81. The molecule has 5 heteroatoms. The van der Waals surface area contributed by atoms with Crippen molar-refractivity contribution < 1.29 is 14.7 Å². The van der Waals surface area contributed by atoms with Crippen LogP contribution in [0.5, 0.6) is 0 Å². The molecule has 0 fully saturated rings. The molecule has 5 nitrogen and oxygen atoms in total. The van der Waals surface area contributed by atoms with Crippen molar-refractivity contribution in [2.24, 2.45) is 11.7 Å². The van der Waals surface area contributed by atoms with E-state index >= 15 is 0 Å². The van der Waals surface area contributed by atoms with E-state index in [-0.39, 0.29) is 18.2 Å². The highest BCUT2D eigenvalue weighted by atomic mass is 16.4. The number of hydrogen-bond acceptors (Lipinski definition) is 3. The van der Waals surface area contributed by atoms with Gasteiger partial charge in [0.15, 0.2) is 0 Å². The number of rotatable bonds is 7. The number of nitrogens with one attached hydrogen (secondary N) is 1. The largest absolute Gasteiger partial charge is 0.481 e. The lowest BCUT2D eigenvalue weighted by Gasteiger charge is -2.18. The maximum Gasteiger partial charge on any atom is 0.307 e. The molecule has 0 unspecified atom stereocenters. The first-order valence-corrected chi connectivity index (χ1v) is 6.77. The lowest BCUT2D eigenvalue weighted by Crippen LogP contribution is -2.44. The number of carboxylic acid groups (broad SMARTS) is 1. The van der Waals surface area contributed by atoms with Crippen molar-refractivity contribution in [3.8, 4) is 0 Å². The van der Waals surface area contributed by atoms with Gasteiger partial charge in [0.2, 0.25) is 5.91 Å². The van der Waals surface area contributed by atoms with Crippen LogP contribution in [0.15, 0.2) is 24.3 Å². The first kappa shape index (κ1) is 16.2. The molecule has 1 amide bonds. The zero-order valence-electron chi connectivity index (χ0n) is 11.9. The van der Waals surface area contributed by atoms with E-state index in [9.17, 15) is 9.59 Å². The predicted molar refractivity (Wildman–Crippen MR) is 77.1 cm³/mol.